The lowest BCUT2D eigenvalue weighted by atomic mass is 9.87. The molecule has 3 amide bonds. The number of carbonyl (C=O) groups excluding carboxylic acids is 3. The second kappa shape index (κ2) is 15.0. The summed E-state index contributed by atoms with van der Waals surface area (Å²) >= 11 is 0. The first-order chi connectivity index (χ1) is 17.5. The van der Waals surface area contributed by atoms with E-state index in [1.165, 1.54) is 25.7 Å². The minimum absolute atomic E-state index is 0.00618. The Morgan fingerprint density at radius 2 is 1.64 bits per heavy atom. The number of hydrogen-bond donors (Lipinski definition) is 1. The van der Waals surface area contributed by atoms with E-state index in [-0.39, 0.29) is 29.7 Å². The summed E-state index contributed by atoms with van der Waals surface area (Å²) in [6.45, 7) is 5.87. The number of nitrogens with zero attached hydrogens (tertiary/aromatic N) is 2. The zero-order chi connectivity index (χ0) is 25.8. The van der Waals surface area contributed by atoms with Crippen LogP contribution in [0.1, 0.15) is 96.5 Å². The Kier molecular flexibility index (Phi) is 11.8. The average Bonchev–Trinajstić information content (AvgIpc) is 2.90. The van der Waals surface area contributed by atoms with Crippen molar-refractivity contribution in [3.63, 3.8) is 0 Å². The van der Waals surface area contributed by atoms with Crippen molar-refractivity contribution in [1.82, 2.24) is 15.1 Å². The van der Waals surface area contributed by atoms with Crippen LogP contribution in [0, 0.1) is 5.92 Å². The number of carbonyl (C=O) groups is 3. The number of rotatable bonds is 12. The predicted octanol–water partition coefficient (Wildman–Crippen LogP) is 5.10. The molecule has 36 heavy (non-hydrogen) atoms. The van der Waals surface area contributed by atoms with Crippen LogP contribution in [0.2, 0.25) is 0 Å². The van der Waals surface area contributed by atoms with Gasteiger partial charge in [-0.3, -0.25) is 14.4 Å². The Balaban J connectivity index is 1.56. The average molecular weight is 498 g/mol. The minimum Gasteiger partial charge on any atom is -0.344 e. The summed E-state index contributed by atoms with van der Waals surface area (Å²) in [5.41, 5.74) is 1.04. The molecule has 1 aliphatic heterocycles. The number of nitrogens with one attached hydrogen (secondary N) is 1. The van der Waals surface area contributed by atoms with Gasteiger partial charge < -0.3 is 15.1 Å². The second-order valence-electron chi connectivity index (χ2n) is 10.8. The monoisotopic (exact) mass is 497 g/mol. The molecule has 0 aromatic heterocycles. The van der Waals surface area contributed by atoms with Gasteiger partial charge in [0.1, 0.15) is 6.04 Å². The molecule has 2 fully saturated rings. The van der Waals surface area contributed by atoms with Crippen LogP contribution in [-0.4, -0.2) is 59.2 Å². The van der Waals surface area contributed by atoms with E-state index in [9.17, 15) is 14.4 Å². The van der Waals surface area contributed by atoms with Crippen molar-refractivity contribution in [3.8, 4) is 0 Å². The first kappa shape index (κ1) is 28.2. The van der Waals surface area contributed by atoms with Gasteiger partial charge in [0, 0.05) is 44.4 Å². The maximum absolute atomic E-state index is 13.6. The lowest BCUT2D eigenvalue weighted by molar-refractivity contribution is -0.147. The zero-order valence-corrected chi connectivity index (χ0v) is 22.6. The topological polar surface area (TPSA) is 69.7 Å². The van der Waals surface area contributed by atoms with Gasteiger partial charge >= 0.3 is 0 Å². The van der Waals surface area contributed by atoms with Crippen LogP contribution in [0.25, 0.3) is 0 Å². The van der Waals surface area contributed by atoms with Crippen molar-refractivity contribution in [1.29, 1.82) is 0 Å². The third kappa shape index (κ3) is 8.63. The molecule has 2 atom stereocenters. The third-order valence-corrected chi connectivity index (χ3v) is 7.85. The number of piperazine rings is 1. The van der Waals surface area contributed by atoms with Gasteiger partial charge in [0.15, 0.2) is 0 Å². The Hall–Kier alpha value is -2.37. The first-order valence-electron chi connectivity index (χ1n) is 14.4. The second-order valence-corrected chi connectivity index (χ2v) is 10.8. The van der Waals surface area contributed by atoms with Crippen LogP contribution in [-0.2, 0) is 20.8 Å². The van der Waals surface area contributed by atoms with Gasteiger partial charge in [-0.1, -0.05) is 88.6 Å². The highest BCUT2D eigenvalue weighted by Crippen LogP contribution is 2.27. The first-order valence-corrected chi connectivity index (χ1v) is 14.4. The third-order valence-electron chi connectivity index (χ3n) is 7.85. The summed E-state index contributed by atoms with van der Waals surface area (Å²) < 4.78 is 0. The Morgan fingerprint density at radius 3 is 2.33 bits per heavy atom. The van der Waals surface area contributed by atoms with E-state index in [4.69, 9.17) is 0 Å². The van der Waals surface area contributed by atoms with Crippen molar-refractivity contribution < 1.29 is 14.4 Å². The molecule has 1 saturated heterocycles. The Morgan fingerprint density at radius 1 is 0.944 bits per heavy atom. The number of benzene rings is 1. The van der Waals surface area contributed by atoms with Gasteiger partial charge in [0.2, 0.25) is 17.7 Å². The van der Waals surface area contributed by atoms with Crippen LogP contribution in [0.3, 0.4) is 0 Å². The molecule has 1 N–H and O–H groups in total. The molecular formula is C30H47N3O3. The molecule has 1 heterocycles. The summed E-state index contributed by atoms with van der Waals surface area (Å²) in [5, 5.41) is 3.05. The molecule has 0 spiro atoms. The van der Waals surface area contributed by atoms with Crippen molar-refractivity contribution in [2.45, 2.75) is 109 Å². The largest absolute Gasteiger partial charge is 0.344 e. The van der Waals surface area contributed by atoms with E-state index >= 15 is 0 Å². The van der Waals surface area contributed by atoms with Crippen LogP contribution in [0.4, 0.5) is 0 Å². The SMILES string of the molecule is CCCCCCCCC(=O)NC(Cc1ccccc1)C(=O)N1CCN(C(=O)C2CCCCC2)C(C)C1. The van der Waals surface area contributed by atoms with Gasteiger partial charge in [0.25, 0.3) is 0 Å². The summed E-state index contributed by atoms with van der Waals surface area (Å²) in [6, 6.07) is 9.31. The lowest BCUT2D eigenvalue weighted by Crippen LogP contribution is -2.60. The summed E-state index contributed by atoms with van der Waals surface area (Å²) in [5.74, 6) is 0.337. The lowest BCUT2D eigenvalue weighted by Gasteiger charge is -2.42. The molecule has 6 heteroatoms. The number of unbranched alkanes of at least 4 members (excludes halogenated alkanes) is 5. The summed E-state index contributed by atoms with van der Waals surface area (Å²) in [4.78, 5) is 43.3. The van der Waals surface area contributed by atoms with Crippen molar-refractivity contribution >= 4 is 17.7 Å². The maximum atomic E-state index is 13.6. The van der Waals surface area contributed by atoms with E-state index < -0.39 is 6.04 Å². The van der Waals surface area contributed by atoms with Gasteiger partial charge in [-0.2, -0.15) is 0 Å². The van der Waals surface area contributed by atoms with Gasteiger partial charge in [-0.25, -0.2) is 0 Å². The van der Waals surface area contributed by atoms with E-state index in [0.29, 0.717) is 32.5 Å². The highest BCUT2D eigenvalue weighted by molar-refractivity contribution is 5.88. The smallest absolute Gasteiger partial charge is 0.245 e. The molecule has 3 rings (SSSR count). The zero-order valence-electron chi connectivity index (χ0n) is 22.6. The quantitative estimate of drug-likeness (QED) is 0.408. The predicted molar refractivity (Wildman–Crippen MR) is 144 cm³/mol. The van der Waals surface area contributed by atoms with Crippen LogP contribution < -0.4 is 5.32 Å². The molecule has 2 unspecified atom stereocenters. The summed E-state index contributed by atoms with van der Waals surface area (Å²) in [6.07, 6.45) is 13.2. The van der Waals surface area contributed by atoms with Gasteiger partial charge in [-0.05, 0) is 31.7 Å². The van der Waals surface area contributed by atoms with Gasteiger partial charge in [0.05, 0.1) is 0 Å². The minimum atomic E-state index is -0.576. The highest BCUT2D eigenvalue weighted by Gasteiger charge is 2.35. The standard InChI is InChI=1S/C30H47N3O3/c1-3-4-5-6-7-14-19-28(34)31-27(22-25-15-10-8-11-16-25)30(36)32-20-21-33(24(2)23-32)29(35)26-17-12-9-13-18-26/h8,10-11,15-16,24,26-27H,3-7,9,12-14,17-23H2,1-2H3,(H,31,34). The number of hydrogen-bond acceptors (Lipinski definition) is 3. The van der Waals surface area contributed by atoms with E-state index in [2.05, 4.69) is 12.2 Å². The number of amides is 3. The van der Waals surface area contributed by atoms with Crippen LogP contribution in [0.5, 0.6) is 0 Å². The van der Waals surface area contributed by atoms with Crippen molar-refractivity contribution in [2.75, 3.05) is 19.6 Å². The fourth-order valence-electron chi connectivity index (χ4n) is 5.67. The molecule has 1 aromatic carbocycles. The molecule has 200 valence electrons. The maximum Gasteiger partial charge on any atom is 0.245 e. The summed E-state index contributed by atoms with van der Waals surface area (Å²) in [7, 11) is 0. The van der Waals surface area contributed by atoms with Crippen molar-refractivity contribution in [3.05, 3.63) is 35.9 Å². The van der Waals surface area contributed by atoms with E-state index in [1.54, 1.807) is 0 Å². The fourth-order valence-corrected chi connectivity index (χ4v) is 5.67. The van der Waals surface area contributed by atoms with Crippen LogP contribution >= 0.6 is 0 Å². The molecule has 1 saturated carbocycles. The van der Waals surface area contributed by atoms with E-state index in [0.717, 1.165) is 50.5 Å². The van der Waals surface area contributed by atoms with Gasteiger partial charge in [-0.15, -0.1) is 0 Å². The molecule has 6 nitrogen and oxygen atoms in total. The molecule has 2 aliphatic rings. The van der Waals surface area contributed by atoms with Crippen molar-refractivity contribution in [2.24, 2.45) is 5.92 Å². The van der Waals surface area contributed by atoms with Crippen LogP contribution in [0.15, 0.2) is 30.3 Å². The fraction of sp³-hybridized carbons (Fsp3) is 0.700. The molecule has 0 bridgehead atoms. The Labute approximate surface area is 218 Å². The Bertz CT molecular complexity index is 822. The highest BCUT2D eigenvalue weighted by atomic mass is 16.2. The molecule has 1 aliphatic carbocycles. The normalized spacial score (nSPS) is 19.7. The molecule has 1 aromatic rings. The molecular weight excluding hydrogens is 450 g/mol. The molecule has 0 radical (unpaired) electrons. The van der Waals surface area contributed by atoms with E-state index in [1.807, 2.05) is 47.1 Å².